The molecule has 100 valence electrons. The van der Waals surface area contributed by atoms with Crippen LogP contribution in [0.15, 0.2) is 18.2 Å². The van der Waals surface area contributed by atoms with Gasteiger partial charge in [-0.15, -0.1) is 0 Å². The Morgan fingerprint density at radius 2 is 2.06 bits per heavy atom. The van der Waals surface area contributed by atoms with Crippen molar-refractivity contribution in [2.45, 2.75) is 25.3 Å². The molecule has 0 amide bonds. The van der Waals surface area contributed by atoms with E-state index in [0.717, 1.165) is 32.1 Å². The molecule has 1 aliphatic rings. The topological polar surface area (TPSA) is 21.3 Å². The molecule has 1 N–H and O–H groups in total. The van der Waals surface area contributed by atoms with Crippen LogP contribution in [-0.4, -0.2) is 26.3 Å². The highest BCUT2D eigenvalue weighted by Gasteiger charge is 2.20. The summed E-state index contributed by atoms with van der Waals surface area (Å²) in [5, 5.41) is 3.22. The fourth-order valence-corrected chi connectivity index (χ4v) is 2.49. The number of likely N-dealkylation sites (N-methyl/N-ethyl adjacent to an activating group) is 1. The normalized spacial score (nSPS) is 21.2. The number of benzene rings is 1. The minimum atomic E-state index is -0.510. The maximum Gasteiger partial charge on any atom is 0.126 e. The molecule has 1 aromatic carbocycles. The first-order valence-corrected chi connectivity index (χ1v) is 6.37. The zero-order valence-corrected chi connectivity index (χ0v) is 10.6. The summed E-state index contributed by atoms with van der Waals surface area (Å²) >= 11 is 0. The minimum Gasteiger partial charge on any atom is -0.381 e. The van der Waals surface area contributed by atoms with Crippen molar-refractivity contribution in [2.75, 3.05) is 20.3 Å². The van der Waals surface area contributed by atoms with Gasteiger partial charge in [0.25, 0.3) is 0 Å². The van der Waals surface area contributed by atoms with Gasteiger partial charge >= 0.3 is 0 Å². The lowest BCUT2D eigenvalue weighted by molar-refractivity contribution is 0.181. The van der Waals surface area contributed by atoms with Crippen LogP contribution < -0.4 is 5.32 Å². The molecular formula is C14H19F2NO. The van der Waals surface area contributed by atoms with Crippen molar-refractivity contribution < 1.29 is 13.5 Å². The van der Waals surface area contributed by atoms with Crippen LogP contribution >= 0.6 is 0 Å². The van der Waals surface area contributed by atoms with Crippen LogP contribution in [0.2, 0.25) is 0 Å². The van der Waals surface area contributed by atoms with E-state index in [-0.39, 0.29) is 6.04 Å². The Balaban J connectivity index is 1.95. The van der Waals surface area contributed by atoms with Gasteiger partial charge in [-0.05, 0) is 49.9 Å². The van der Waals surface area contributed by atoms with Crippen molar-refractivity contribution in [3.05, 3.63) is 35.4 Å². The van der Waals surface area contributed by atoms with Gasteiger partial charge < -0.3 is 10.1 Å². The summed E-state index contributed by atoms with van der Waals surface area (Å²) in [6.07, 6.45) is 2.70. The number of rotatable bonds is 5. The predicted molar refractivity (Wildman–Crippen MR) is 66.5 cm³/mol. The summed E-state index contributed by atoms with van der Waals surface area (Å²) in [6.45, 7) is 1.63. The highest BCUT2D eigenvalue weighted by atomic mass is 19.1. The van der Waals surface area contributed by atoms with E-state index in [1.54, 1.807) is 0 Å². The monoisotopic (exact) mass is 255 g/mol. The number of nitrogens with one attached hydrogen (secondary N) is 1. The molecule has 2 unspecified atom stereocenters. The highest BCUT2D eigenvalue weighted by Crippen LogP contribution is 2.20. The maximum absolute atomic E-state index is 13.1. The van der Waals surface area contributed by atoms with Crippen molar-refractivity contribution in [1.82, 2.24) is 5.32 Å². The van der Waals surface area contributed by atoms with E-state index in [1.165, 1.54) is 12.1 Å². The standard InChI is InChI=1S/C14H19F2NO/c1-17-14(6-10-2-3-18-9-10)7-11-4-12(15)8-13(16)5-11/h4-5,8,10,14,17H,2-3,6-7,9H2,1H3. The molecule has 1 heterocycles. The Kier molecular flexibility index (Phi) is 4.66. The van der Waals surface area contributed by atoms with Crippen molar-refractivity contribution in [3.63, 3.8) is 0 Å². The SMILES string of the molecule is CNC(Cc1cc(F)cc(F)c1)CC1CCOC1. The molecule has 0 saturated carbocycles. The third kappa shape index (κ3) is 3.75. The lowest BCUT2D eigenvalue weighted by Gasteiger charge is -2.19. The predicted octanol–water partition coefficient (Wildman–Crippen LogP) is 2.52. The van der Waals surface area contributed by atoms with Gasteiger partial charge in [-0.3, -0.25) is 0 Å². The molecule has 0 aliphatic carbocycles. The molecule has 0 aromatic heterocycles. The van der Waals surface area contributed by atoms with Gasteiger partial charge in [-0.2, -0.15) is 0 Å². The largest absolute Gasteiger partial charge is 0.381 e. The third-order valence-corrected chi connectivity index (χ3v) is 3.45. The second-order valence-corrected chi connectivity index (χ2v) is 4.93. The molecule has 2 atom stereocenters. The molecule has 18 heavy (non-hydrogen) atoms. The molecule has 0 spiro atoms. The number of halogens is 2. The second-order valence-electron chi connectivity index (χ2n) is 4.93. The zero-order valence-electron chi connectivity index (χ0n) is 10.6. The summed E-state index contributed by atoms with van der Waals surface area (Å²) in [6, 6.07) is 3.94. The van der Waals surface area contributed by atoms with Crippen LogP contribution in [0.5, 0.6) is 0 Å². The van der Waals surface area contributed by atoms with Gasteiger partial charge in [-0.25, -0.2) is 8.78 Å². The van der Waals surface area contributed by atoms with Gasteiger partial charge in [0.05, 0.1) is 0 Å². The van der Waals surface area contributed by atoms with Crippen molar-refractivity contribution in [3.8, 4) is 0 Å². The quantitative estimate of drug-likeness (QED) is 0.873. The van der Waals surface area contributed by atoms with Crippen molar-refractivity contribution >= 4 is 0 Å². The molecule has 0 bridgehead atoms. The van der Waals surface area contributed by atoms with Crippen LogP contribution in [0.1, 0.15) is 18.4 Å². The van der Waals surface area contributed by atoms with Gasteiger partial charge in [-0.1, -0.05) is 0 Å². The number of hydrogen-bond donors (Lipinski definition) is 1. The summed E-state index contributed by atoms with van der Waals surface area (Å²) < 4.78 is 31.6. The summed E-state index contributed by atoms with van der Waals surface area (Å²) in [4.78, 5) is 0. The first kappa shape index (κ1) is 13.4. The fourth-order valence-electron chi connectivity index (χ4n) is 2.49. The van der Waals surface area contributed by atoms with Gasteiger partial charge in [0.1, 0.15) is 11.6 Å². The van der Waals surface area contributed by atoms with Gasteiger partial charge in [0, 0.05) is 25.3 Å². The van der Waals surface area contributed by atoms with E-state index in [2.05, 4.69) is 5.32 Å². The Morgan fingerprint density at radius 3 is 2.61 bits per heavy atom. The van der Waals surface area contributed by atoms with Crippen LogP contribution in [-0.2, 0) is 11.2 Å². The van der Waals surface area contributed by atoms with Crippen LogP contribution in [0.3, 0.4) is 0 Å². The molecule has 1 fully saturated rings. The molecule has 2 nitrogen and oxygen atoms in total. The fraction of sp³-hybridized carbons (Fsp3) is 0.571. The minimum absolute atomic E-state index is 0.234. The smallest absolute Gasteiger partial charge is 0.126 e. The highest BCUT2D eigenvalue weighted by molar-refractivity contribution is 5.19. The Labute approximate surface area is 106 Å². The molecular weight excluding hydrogens is 236 g/mol. The summed E-state index contributed by atoms with van der Waals surface area (Å²) in [7, 11) is 1.89. The summed E-state index contributed by atoms with van der Waals surface area (Å²) in [5.74, 6) is -0.464. The molecule has 1 aromatic rings. The Hall–Kier alpha value is -1.00. The maximum atomic E-state index is 13.1. The molecule has 4 heteroatoms. The van der Waals surface area contributed by atoms with Crippen molar-refractivity contribution in [2.24, 2.45) is 5.92 Å². The number of hydrogen-bond acceptors (Lipinski definition) is 2. The first-order chi connectivity index (χ1) is 8.67. The van der Waals surface area contributed by atoms with Gasteiger partial charge in [0.2, 0.25) is 0 Å². The van der Waals surface area contributed by atoms with E-state index < -0.39 is 11.6 Å². The lowest BCUT2D eigenvalue weighted by atomic mass is 9.94. The number of ether oxygens (including phenoxy) is 1. The van der Waals surface area contributed by atoms with E-state index >= 15 is 0 Å². The molecule has 1 aliphatic heterocycles. The molecule has 1 saturated heterocycles. The van der Waals surface area contributed by atoms with Crippen LogP contribution in [0.4, 0.5) is 8.78 Å². The average Bonchev–Trinajstić information content (AvgIpc) is 2.79. The first-order valence-electron chi connectivity index (χ1n) is 6.37. The Bertz CT molecular complexity index is 371. The molecule has 0 radical (unpaired) electrons. The lowest BCUT2D eigenvalue weighted by Crippen LogP contribution is -2.30. The van der Waals surface area contributed by atoms with E-state index in [9.17, 15) is 8.78 Å². The molecule has 2 rings (SSSR count). The van der Waals surface area contributed by atoms with Gasteiger partial charge in [0.15, 0.2) is 0 Å². The van der Waals surface area contributed by atoms with E-state index in [4.69, 9.17) is 4.74 Å². The van der Waals surface area contributed by atoms with E-state index in [0.29, 0.717) is 17.9 Å². The van der Waals surface area contributed by atoms with Crippen molar-refractivity contribution in [1.29, 1.82) is 0 Å². The van der Waals surface area contributed by atoms with Crippen LogP contribution in [0, 0.1) is 17.6 Å². The summed E-state index contributed by atoms with van der Waals surface area (Å²) in [5.41, 5.74) is 0.700. The Morgan fingerprint density at radius 1 is 1.33 bits per heavy atom. The van der Waals surface area contributed by atoms with E-state index in [1.807, 2.05) is 7.05 Å². The second kappa shape index (κ2) is 6.25. The zero-order chi connectivity index (χ0) is 13.0. The average molecular weight is 255 g/mol. The third-order valence-electron chi connectivity index (χ3n) is 3.45. The van der Waals surface area contributed by atoms with Crippen LogP contribution in [0.25, 0.3) is 0 Å².